The summed E-state index contributed by atoms with van der Waals surface area (Å²) in [7, 11) is -3.26. The molecule has 0 saturated carbocycles. The van der Waals surface area contributed by atoms with E-state index < -0.39 is 9.84 Å². The largest absolute Gasteiger partial charge is 0.483 e. The molecule has 3 rings (SSSR count). The minimum Gasteiger partial charge on any atom is -0.483 e. The highest BCUT2D eigenvalue weighted by Crippen LogP contribution is 2.21. The zero-order valence-corrected chi connectivity index (χ0v) is 16.3. The summed E-state index contributed by atoms with van der Waals surface area (Å²) in [5.41, 5.74) is 2.67. The van der Waals surface area contributed by atoms with Crippen LogP contribution >= 0.6 is 0 Å². The van der Waals surface area contributed by atoms with Crippen molar-refractivity contribution in [3.8, 4) is 5.75 Å². The number of carbonyl (C=O) groups is 1. The van der Waals surface area contributed by atoms with Crippen LogP contribution in [0.4, 0.5) is 5.69 Å². The van der Waals surface area contributed by atoms with E-state index in [-0.39, 0.29) is 17.4 Å². The number of anilines is 1. The number of hydrogen-bond acceptors (Lipinski definition) is 4. The van der Waals surface area contributed by atoms with E-state index in [1.807, 2.05) is 54.6 Å². The Labute approximate surface area is 164 Å². The van der Waals surface area contributed by atoms with Gasteiger partial charge in [0.1, 0.15) is 5.75 Å². The maximum atomic E-state index is 12.2. The topological polar surface area (TPSA) is 72.5 Å². The van der Waals surface area contributed by atoms with E-state index in [9.17, 15) is 13.2 Å². The average Bonchev–Trinajstić information content (AvgIpc) is 2.68. The van der Waals surface area contributed by atoms with Crippen LogP contribution in [0.15, 0.2) is 83.8 Å². The SMILES string of the molecule is CS(=O)(=O)c1ccc(NC(=O)COc2ccccc2Cc2ccccc2)cc1. The summed E-state index contributed by atoms with van der Waals surface area (Å²) in [5.74, 6) is 0.343. The van der Waals surface area contributed by atoms with Gasteiger partial charge in [0.15, 0.2) is 16.4 Å². The molecule has 3 aromatic rings. The Morgan fingerprint density at radius 2 is 1.54 bits per heavy atom. The summed E-state index contributed by atoms with van der Waals surface area (Å²) in [6.45, 7) is -0.139. The summed E-state index contributed by atoms with van der Waals surface area (Å²) >= 11 is 0. The summed E-state index contributed by atoms with van der Waals surface area (Å²) < 4.78 is 28.7. The number of nitrogens with one attached hydrogen (secondary N) is 1. The van der Waals surface area contributed by atoms with Gasteiger partial charge in [-0.1, -0.05) is 48.5 Å². The van der Waals surface area contributed by atoms with Gasteiger partial charge in [-0.25, -0.2) is 8.42 Å². The highest BCUT2D eigenvalue weighted by Gasteiger charge is 2.10. The van der Waals surface area contributed by atoms with Gasteiger partial charge in [0.25, 0.3) is 5.91 Å². The van der Waals surface area contributed by atoms with E-state index in [0.29, 0.717) is 17.9 Å². The number of carbonyl (C=O) groups excluding carboxylic acids is 1. The molecule has 1 N–H and O–H groups in total. The van der Waals surface area contributed by atoms with Gasteiger partial charge >= 0.3 is 0 Å². The lowest BCUT2D eigenvalue weighted by atomic mass is 10.0. The molecular weight excluding hydrogens is 374 g/mol. The second-order valence-corrected chi connectivity index (χ2v) is 8.42. The van der Waals surface area contributed by atoms with Gasteiger partial charge in [0.05, 0.1) is 4.90 Å². The summed E-state index contributed by atoms with van der Waals surface area (Å²) in [4.78, 5) is 12.4. The number of hydrogen-bond donors (Lipinski definition) is 1. The van der Waals surface area contributed by atoms with Crippen LogP contribution in [0.1, 0.15) is 11.1 Å². The Bertz CT molecular complexity index is 1050. The molecule has 6 heteroatoms. The van der Waals surface area contributed by atoms with Gasteiger partial charge in [0, 0.05) is 18.4 Å². The predicted molar refractivity (Wildman–Crippen MR) is 109 cm³/mol. The lowest BCUT2D eigenvalue weighted by Crippen LogP contribution is -2.20. The fourth-order valence-electron chi connectivity index (χ4n) is 2.73. The third-order valence-corrected chi connectivity index (χ3v) is 5.26. The fraction of sp³-hybridized carbons (Fsp3) is 0.136. The molecule has 0 aliphatic carbocycles. The van der Waals surface area contributed by atoms with E-state index in [1.54, 1.807) is 12.1 Å². The molecule has 0 atom stereocenters. The lowest BCUT2D eigenvalue weighted by molar-refractivity contribution is -0.118. The molecule has 144 valence electrons. The van der Waals surface area contributed by atoms with Gasteiger partial charge < -0.3 is 10.1 Å². The van der Waals surface area contributed by atoms with Crippen LogP contribution in [-0.2, 0) is 21.1 Å². The first kappa shape index (κ1) is 19.6. The molecule has 0 saturated heterocycles. The molecule has 3 aromatic carbocycles. The molecule has 0 unspecified atom stereocenters. The Hall–Kier alpha value is -3.12. The Kier molecular flexibility index (Phi) is 6.11. The lowest BCUT2D eigenvalue weighted by Gasteiger charge is -2.12. The monoisotopic (exact) mass is 395 g/mol. The molecule has 1 amide bonds. The normalized spacial score (nSPS) is 11.0. The van der Waals surface area contributed by atoms with Crippen LogP contribution in [0, 0.1) is 0 Å². The van der Waals surface area contributed by atoms with E-state index in [0.717, 1.165) is 17.4 Å². The van der Waals surface area contributed by atoms with Crippen molar-refractivity contribution in [3.63, 3.8) is 0 Å². The Morgan fingerprint density at radius 3 is 2.21 bits per heavy atom. The van der Waals surface area contributed by atoms with Gasteiger partial charge in [0.2, 0.25) is 0 Å². The molecule has 0 aromatic heterocycles. The minimum absolute atomic E-state index is 0.139. The predicted octanol–water partition coefficient (Wildman–Crippen LogP) is 3.70. The fourth-order valence-corrected chi connectivity index (χ4v) is 3.36. The quantitative estimate of drug-likeness (QED) is 0.662. The third-order valence-electron chi connectivity index (χ3n) is 4.14. The molecular formula is C22H21NO4S. The first-order valence-corrected chi connectivity index (χ1v) is 10.7. The maximum absolute atomic E-state index is 12.2. The molecule has 28 heavy (non-hydrogen) atoms. The standard InChI is InChI=1S/C22H21NO4S/c1-28(25,26)20-13-11-19(12-14-20)23-22(24)16-27-21-10-6-5-9-18(21)15-17-7-3-2-4-8-17/h2-14H,15-16H2,1H3,(H,23,24). The zero-order chi connectivity index (χ0) is 20.0. The highest BCUT2D eigenvalue weighted by molar-refractivity contribution is 7.90. The molecule has 0 aliphatic heterocycles. The van der Waals surface area contributed by atoms with Crippen molar-refractivity contribution >= 4 is 21.4 Å². The van der Waals surface area contributed by atoms with E-state index in [4.69, 9.17) is 4.74 Å². The second kappa shape index (κ2) is 8.71. The van der Waals surface area contributed by atoms with Crippen molar-refractivity contribution < 1.29 is 17.9 Å². The van der Waals surface area contributed by atoms with Gasteiger partial charge in [-0.3, -0.25) is 4.79 Å². The number of rotatable bonds is 7. The van der Waals surface area contributed by atoms with Crippen molar-refractivity contribution in [3.05, 3.63) is 90.0 Å². The van der Waals surface area contributed by atoms with Gasteiger partial charge in [-0.05, 0) is 41.5 Å². The zero-order valence-electron chi connectivity index (χ0n) is 15.5. The molecule has 0 aliphatic rings. The molecule has 5 nitrogen and oxygen atoms in total. The van der Waals surface area contributed by atoms with Gasteiger partial charge in [-0.2, -0.15) is 0 Å². The summed E-state index contributed by atoms with van der Waals surface area (Å²) in [5, 5.41) is 2.70. The van der Waals surface area contributed by atoms with Crippen LogP contribution in [0.2, 0.25) is 0 Å². The molecule has 0 radical (unpaired) electrons. The average molecular weight is 395 g/mol. The van der Waals surface area contributed by atoms with Crippen LogP contribution in [0.5, 0.6) is 5.75 Å². The van der Waals surface area contributed by atoms with Crippen LogP contribution in [-0.4, -0.2) is 27.2 Å². The molecule has 0 spiro atoms. The van der Waals surface area contributed by atoms with E-state index in [2.05, 4.69) is 5.32 Å². The first-order valence-electron chi connectivity index (χ1n) is 8.76. The smallest absolute Gasteiger partial charge is 0.262 e. The minimum atomic E-state index is -3.26. The van der Waals surface area contributed by atoms with E-state index in [1.165, 1.54) is 12.1 Å². The molecule has 0 bridgehead atoms. The maximum Gasteiger partial charge on any atom is 0.262 e. The first-order chi connectivity index (χ1) is 13.4. The summed E-state index contributed by atoms with van der Waals surface area (Å²) in [6.07, 6.45) is 1.85. The number of benzene rings is 3. The number of sulfone groups is 1. The van der Waals surface area contributed by atoms with Crippen LogP contribution in [0.25, 0.3) is 0 Å². The Balaban J connectivity index is 1.60. The number of ether oxygens (including phenoxy) is 1. The van der Waals surface area contributed by atoms with Crippen molar-refractivity contribution in [1.82, 2.24) is 0 Å². The van der Waals surface area contributed by atoms with Crippen LogP contribution in [0.3, 0.4) is 0 Å². The van der Waals surface area contributed by atoms with Crippen molar-refractivity contribution in [2.75, 3.05) is 18.2 Å². The second-order valence-electron chi connectivity index (χ2n) is 6.40. The Morgan fingerprint density at radius 1 is 0.893 bits per heavy atom. The number of para-hydroxylation sites is 1. The molecule has 0 fully saturated rings. The van der Waals surface area contributed by atoms with Crippen LogP contribution < -0.4 is 10.1 Å². The van der Waals surface area contributed by atoms with Crippen molar-refractivity contribution in [1.29, 1.82) is 0 Å². The highest BCUT2D eigenvalue weighted by atomic mass is 32.2. The van der Waals surface area contributed by atoms with Crippen molar-refractivity contribution in [2.45, 2.75) is 11.3 Å². The third kappa shape index (κ3) is 5.44. The van der Waals surface area contributed by atoms with E-state index >= 15 is 0 Å². The summed E-state index contributed by atoms with van der Waals surface area (Å²) in [6, 6.07) is 23.7. The number of amides is 1. The molecule has 0 heterocycles. The van der Waals surface area contributed by atoms with Gasteiger partial charge in [-0.15, -0.1) is 0 Å². The van der Waals surface area contributed by atoms with Crippen molar-refractivity contribution in [2.24, 2.45) is 0 Å².